The molecule has 1 atom stereocenters. The highest BCUT2D eigenvalue weighted by Crippen LogP contribution is 2.33. The minimum Gasteiger partial charge on any atom is -0.480 e. The molecule has 0 amide bonds. The van der Waals surface area contributed by atoms with E-state index < -0.39 is 38.7 Å². The first-order valence-corrected chi connectivity index (χ1v) is 7.10. The summed E-state index contributed by atoms with van der Waals surface area (Å²) in [6.45, 7) is 3.26. The number of hydrogen-bond donors (Lipinski definition) is 2. The number of aliphatic carboxylic acids is 1. The van der Waals surface area contributed by atoms with Gasteiger partial charge in [-0.3, -0.25) is 4.79 Å². The van der Waals surface area contributed by atoms with Gasteiger partial charge in [0.2, 0.25) is 10.0 Å². The second-order valence-electron chi connectivity index (χ2n) is 4.03. The van der Waals surface area contributed by atoms with E-state index in [0.29, 0.717) is 6.07 Å². The number of carboxylic acids is 1. The van der Waals surface area contributed by atoms with Crippen LogP contribution >= 0.6 is 0 Å². The van der Waals surface area contributed by atoms with Crippen molar-refractivity contribution in [3.63, 3.8) is 0 Å². The zero-order valence-electron chi connectivity index (χ0n) is 10.6. The van der Waals surface area contributed by atoms with Crippen LogP contribution in [-0.4, -0.2) is 25.5 Å². The molecule has 0 heterocycles. The van der Waals surface area contributed by atoms with Gasteiger partial charge in [-0.2, -0.15) is 17.9 Å². The van der Waals surface area contributed by atoms with Crippen LogP contribution in [-0.2, 0) is 21.0 Å². The predicted octanol–water partition coefficient (Wildman–Crippen LogP) is 2.01. The van der Waals surface area contributed by atoms with Gasteiger partial charge in [0.15, 0.2) is 0 Å². The van der Waals surface area contributed by atoms with Gasteiger partial charge in [0.25, 0.3) is 0 Å². The quantitative estimate of drug-likeness (QED) is 0.785. The molecular formula is C12H12F3NO4S. The van der Waals surface area contributed by atoms with Crippen LogP contribution in [0.4, 0.5) is 13.2 Å². The molecule has 0 saturated carbocycles. The minimum absolute atomic E-state index is 0.261. The van der Waals surface area contributed by atoms with E-state index in [4.69, 9.17) is 5.11 Å². The normalized spacial score (nSPS) is 13.7. The minimum atomic E-state index is -4.87. The summed E-state index contributed by atoms with van der Waals surface area (Å²) in [5.41, 5.74) is -1.36. The summed E-state index contributed by atoms with van der Waals surface area (Å²) in [6.07, 6.45) is -3.98. The Morgan fingerprint density at radius 1 is 1.38 bits per heavy atom. The third-order valence-corrected chi connectivity index (χ3v) is 4.01. The highest BCUT2D eigenvalue weighted by atomic mass is 32.2. The zero-order valence-corrected chi connectivity index (χ0v) is 11.4. The van der Waals surface area contributed by atoms with E-state index in [1.807, 2.05) is 0 Å². The number of alkyl halides is 3. The van der Waals surface area contributed by atoms with Crippen molar-refractivity contribution in [1.82, 2.24) is 4.72 Å². The number of rotatable bonds is 6. The monoisotopic (exact) mass is 323 g/mol. The second-order valence-corrected chi connectivity index (χ2v) is 5.71. The lowest BCUT2D eigenvalue weighted by atomic mass is 10.2. The van der Waals surface area contributed by atoms with Crippen molar-refractivity contribution in [3.05, 3.63) is 42.5 Å². The van der Waals surface area contributed by atoms with Gasteiger partial charge < -0.3 is 5.11 Å². The van der Waals surface area contributed by atoms with E-state index in [-0.39, 0.29) is 6.42 Å². The van der Waals surface area contributed by atoms with Gasteiger partial charge >= 0.3 is 12.1 Å². The van der Waals surface area contributed by atoms with E-state index in [1.54, 1.807) is 4.72 Å². The fraction of sp³-hybridized carbons (Fsp3) is 0.250. The van der Waals surface area contributed by atoms with Gasteiger partial charge in [-0.25, -0.2) is 8.42 Å². The fourth-order valence-corrected chi connectivity index (χ4v) is 2.98. The lowest BCUT2D eigenvalue weighted by Gasteiger charge is -2.16. The van der Waals surface area contributed by atoms with Crippen molar-refractivity contribution in [3.8, 4) is 0 Å². The van der Waals surface area contributed by atoms with E-state index >= 15 is 0 Å². The number of sulfonamides is 1. The Morgan fingerprint density at radius 2 is 1.95 bits per heavy atom. The summed E-state index contributed by atoms with van der Waals surface area (Å²) >= 11 is 0. The van der Waals surface area contributed by atoms with Gasteiger partial charge in [0.05, 0.1) is 10.5 Å². The lowest BCUT2D eigenvalue weighted by Crippen LogP contribution is -2.40. The molecular weight excluding hydrogens is 311 g/mol. The topological polar surface area (TPSA) is 83.5 Å². The number of hydrogen-bond acceptors (Lipinski definition) is 3. The Morgan fingerprint density at radius 3 is 2.43 bits per heavy atom. The molecule has 0 aliphatic rings. The smallest absolute Gasteiger partial charge is 0.417 e. The van der Waals surface area contributed by atoms with Crippen molar-refractivity contribution in [1.29, 1.82) is 0 Å². The standard InChI is InChI=1S/C12H12F3NO4S/c1-2-5-9(11(17)18)16-21(19,20)10-7-4-3-6-8(10)12(13,14)15/h2-4,6-7,9,16H,1,5H2,(H,17,18). The van der Waals surface area contributed by atoms with Gasteiger partial charge in [0, 0.05) is 0 Å². The van der Waals surface area contributed by atoms with Crippen molar-refractivity contribution < 1.29 is 31.5 Å². The molecule has 1 unspecified atom stereocenters. The molecule has 1 rings (SSSR count). The molecule has 0 saturated heterocycles. The fourth-order valence-electron chi connectivity index (χ4n) is 1.55. The first-order chi connectivity index (χ1) is 9.59. The Kier molecular flexibility index (Phi) is 5.13. The van der Waals surface area contributed by atoms with E-state index in [2.05, 4.69) is 6.58 Å². The van der Waals surface area contributed by atoms with Crippen molar-refractivity contribution in [2.24, 2.45) is 0 Å². The molecule has 0 radical (unpaired) electrons. The van der Waals surface area contributed by atoms with Gasteiger partial charge in [0.1, 0.15) is 6.04 Å². The molecule has 116 valence electrons. The molecule has 2 N–H and O–H groups in total. The van der Waals surface area contributed by atoms with E-state index in [1.165, 1.54) is 0 Å². The maximum absolute atomic E-state index is 12.8. The number of nitrogens with one attached hydrogen (secondary N) is 1. The molecule has 1 aromatic rings. The van der Waals surface area contributed by atoms with Gasteiger partial charge in [-0.05, 0) is 18.6 Å². The average Bonchev–Trinajstić information content (AvgIpc) is 2.37. The molecule has 0 fully saturated rings. The Bertz CT molecular complexity index is 640. The molecule has 0 spiro atoms. The average molecular weight is 323 g/mol. The highest BCUT2D eigenvalue weighted by Gasteiger charge is 2.37. The number of carboxylic acid groups (broad SMARTS) is 1. The summed E-state index contributed by atoms with van der Waals surface area (Å²) in [6, 6.07) is 1.94. The van der Waals surface area contributed by atoms with Crippen LogP contribution in [0.2, 0.25) is 0 Å². The summed E-state index contributed by atoms with van der Waals surface area (Å²) in [5, 5.41) is 8.85. The number of carbonyl (C=O) groups is 1. The maximum atomic E-state index is 12.8. The largest absolute Gasteiger partial charge is 0.480 e. The molecule has 0 bridgehead atoms. The van der Waals surface area contributed by atoms with Crippen molar-refractivity contribution in [2.45, 2.75) is 23.5 Å². The lowest BCUT2D eigenvalue weighted by molar-refractivity contribution is -0.140. The van der Waals surface area contributed by atoms with Crippen LogP contribution in [0.3, 0.4) is 0 Å². The van der Waals surface area contributed by atoms with Gasteiger partial charge in [-0.1, -0.05) is 18.2 Å². The highest BCUT2D eigenvalue weighted by molar-refractivity contribution is 7.89. The van der Waals surface area contributed by atoms with E-state index in [0.717, 1.165) is 24.3 Å². The summed E-state index contributed by atoms with van der Waals surface area (Å²) in [4.78, 5) is 9.86. The zero-order chi connectivity index (χ0) is 16.3. The molecule has 21 heavy (non-hydrogen) atoms. The molecule has 9 heteroatoms. The predicted molar refractivity (Wildman–Crippen MR) is 68.0 cm³/mol. The van der Waals surface area contributed by atoms with Crippen LogP contribution in [0.15, 0.2) is 41.8 Å². The SMILES string of the molecule is C=CCC(NS(=O)(=O)c1ccccc1C(F)(F)F)C(=O)O. The third-order valence-electron chi connectivity index (χ3n) is 2.48. The first kappa shape index (κ1) is 17.2. The molecule has 0 aliphatic heterocycles. The third kappa shape index (κ3) is 4.30. The second kappa shape index (κ2) is 6.27. The van der Waals surface area contributed by atoms with E-state index in [9.17, 15) is 26.4 Å². The maximum Gasteiger partial charge on any atom is 0.417 e. The van der Waals surface area contributed by atoms with Crippen LogP contribution in [0.1, 0.15) is 12.0 Å². The van der Waals surface area contributed by atoms with Gasteiger partial charge in [-0.15, -0.1) is 6.58 Å². The van der Waals surface area contributed by atoms with Crippen LogP contribution in [0.5, 0.6) is 0 Å². The number of halogens is 3. The molecule has 1 aromatic carbocycles. The summed E-state index contributed by atoms with van der Waals surface area (Å²) < 4.78 is 64.1. The Hall–Kier alpha value is -1.87. The first-order valence-electron chi connectivity index (χ1n) is 5.62. The summed E-state index contributed by atoms with van der Waals surface area (Å²) in [5.74, 6) is -1.51. The summed E-state index contributed by atoms with van der Waals surface area (Å²) in [7, 11) is -4.64. The number of benzene rings is 1. The Labute approximate surface area is 119 Å². The van der Waals surface area contributed by atoms with Crippen LogP contribution in [0.25, 0.3) is 0 Å². The molecule has 5 nitrogen and oxygen atoms in total. The molecule has 0 aromatic heterocycles. The van der Waals surface area contributed by atoms with Crippen LogP contribution < -0.4 is 4.72 Å². The Balaban J connectivity index is 3.26. The van der Waals surface area contributed by atoms with Crippen LogP contribution in [0, 0.1) is 0 Å². The van der Waals surface area contributed by atoms with Crippen molar-refractivity contribution >= 4 is 16.0 Å². The van der Waals surface area contributed by atoms with Crippen molar-refractivity contribution in [2.75, 3.05) is 0 Å². The molecule has 0 aliphatic carbocycles.